The van der Waals surface area contributed by atoms with E-state index in [0.29, 0.717) is 17.0 Å². The van der Waals surface area contributed by atoms with Crippen LogP contribution >= 0.6 is 0 Å². The fourth-order valence-corrected chi connectivity index (χ4v) is 2.84. The molecular weight excluding hydrogens is 334 g/mol. The number of furan rings is 1. The number of hydrogen-bond donors (Lipinski definition) is 0. The summed E-state index contributed by atoms with van der Waals surface area (Å²) in [5.41, 5.74) is 0.937. The molecule has 0 spiro atoms. The summed E-state index contributed by atoms with van der Waals surface area (Å²) in [4.78, 5) is 29.2. The molecule has 1 aromatic carbocycles. The van der Waals surface area contributed by atoms with Crippen LogP contribution in [0.2, 0.25) is 0 Å². The first-order valence-electron chi connectivity index (χ1n) is 8.42. The van der Waals surface area contributed by atoms with Crippen LogP contribution in [0.5, 0.6) is 0 Å². The Morgan fingerprint density at radius 1 is 1.04 bits per heavy atom. The lowest BCUT2D eigenvalue weighted by Crippen LogP contribution is -2.26. The number of pyridine rings is 1. The topological polar surface area (TPSA) is 78.6 Å². The minimum atomic E-state index is -1.22. The zero-order valence-electron chi connectivity index (χ0n) is 14.6. The molecule has 134 valence electrons. The molecule has 0 unspecified atom stereocenters. The number of esters is 2. The maximum atomic E-state index is 12.4. The second kappa shape index (κ2) is 7.82. The molecule has 0 bridgehead atoms. The van der Waals surface area contributed by atoms with Gasteiger partial charge in [0.05, 0.1) is 19.5 Å². The minimum Gasteiger partial charge on any atom is -0.465 e. The van der Waals surface area contributed by atoms with E-state index in [0.717, 1.165) is 10.8 Å². The maximum Gasteiger partial charge on any atom is 0.325 e. The van der Waals surface area contributed by atoms with E-state index in [2.05, 4.69) is 4.98 Å². The summed E-state index contributed by atoms with van der Waals surface area (Å²) in [6.45, 7) is 3.69. The molecule has 0 saturated carbocycles. The van der Waals surface area contributed by atoms with E-state index in [-0.39, 0.29) is 13.2 Å². The summed E-state index contributed by atoms with van der Waals surface area (Å²) >= 11 is 0. The number of fused-ring (bicyclic) bond motifs is 1. The van der Waals surface area contributed by atoms with Crippen molar-refractivity contribution in [2.75, 3.05) is 13.2 Å². The summed E-state index contributed by atoms with van der Waals surface area (Å²) in [6, 6.07) is 11.2. The molecule has 0 fully saturated rings. The van der Waals surface area contributed by atoms with Gasteiger partial charge in [-0.15, -0.1) is 0 Å². The van der Waals surface area contributed by atoms with Gasteiger partial charge in [-0.2, -0.15) is 0 Å². The lowest BCUT2D eigenvalue weighted by Gasteiger charge is -2.15. The van der Waals surface area contributed by atoms with Gasteiger partial charge in [-0.25, -0.2) is 0 Å². The third-order valence-electron chi connectivity index (χ3n) is 3.94. The van der Waals surface area contributed by atoms with Crippen LogP contribution in [0.4, 0.5) is 0 Å². The highest BCUT2D eigenvalue weighted by Gasteiger charge is 2.35. The summed E-state index contributed by atoms with van der Waals surface area (Å²) in [6.07, 6.45) is 3.09. The molecule has 0 aliphatic heterocycles. The van der Waals surface area contributed by atoms with Crippen molar-refractivity contribution in [3.05, 3.63) is 54.4 Å². The first-order valence-corrected chi connectivity index (χ1v) is 8.42. The van der Waals surface area contributed by atoms with Gasteiger partial charge in [0.2, 0.25) is 0 Å². The van der Waals surface area contributed by atoms with Crippen LogP contribution in [0, 0.1) is 0 Å². The number of aromatic nitrogens is 1. The molecule has 2 aromatic heterocycles. The van der Waals surface area contributed by atoms with Gasteiger partial charge in [-0.05, 0) is 31.4 Å². The highest BCUT2D eigenvalue weighted by Crippen LogP contribution is 2.34. The fourth-order valence-electron chi connectivity index (χ4n) is 2.84. The first kappa shape index (κ1) is 17.7. The molecule has 0 radical (unpaired) electrons. The molecule has 0 aliphatic rings. The van der Waals surface area contributed by atoms with Gasteiger partial charge in [0, 0.05) is 17.1 Å². The van der Waals surface area contributed by atoms with Crippen LogP contribution < -0.4 is 0 Å². The van der Waals surface area contributed by atoms with Crippen LogP contribution in [0.1, 0.15) is 25.3 Å². The molecule has 6 heteroatoms. The van der Waals surface area contributed by atoms with Crippen LogP contribution in [0.3, 0.4) is 0 Å². The Kier molecular flexibility index (Phi) is 5.31. The molecule has 0 atom stereocenters. The third-order valence-corrected chi connectivity index (χ3v) is 3.94. The number of benzene rings is 1. The largest absolute Gasteiger partial charge is 0.465 e. The quantitative estimate of drug-likeness (QED) is 0.497. The molecular formula is C20H19NO5. The average molecular weight is 353 g/mol. The first-order chi connectivity index (χ1) is 12.7. The molecule has 0 saturated heterocycles. The van der Waals surface area contributed by atoms with Gasteiger partial charge in [-0.3, -0.25) is 14.6 Å². The van der Waals surface area contributed by atoms with Gasteiger partial charge < -0.3 is 13.9 Å². The number of nitrogens with zero attached hydrogens (tertiary/aromatic N) is 1. The predicted octanol–water partition coefficient (Wildman–Crippen LogP) is 3.70. The Labute approximate surface area is 150 Å². The van der Waals surface area contributed by atoms with E-state index < -0.39 is 17.9 Å². The highest BCUT2D eigenvalue weighted by molar-refractivity contribution is 6.03. The number of carbonyl (C=O) groups excluding carboxylic acids is 2. The molecule has 2 heterocycles. The van der Waals surface area contributed by atoms with Gasteiger partial charge >= 0.3 is 11.9 Å². The van der Waals surface area contributed by atoms with Gasteiger partial charge in [0.15, 0.2) is 11.7 Å². The fraction of sp³-hybridized carbons (Fsp3) is 0.250. The SMILES string of the molecule is CCOC(=O)C(C(=O)OCC)c1ccoc1-c1nccc2ccccc12. The van der Waals surface area contributed by atoms with E-state index in [4.69, 9.17) is 13.9 Å². The van der Waals surface area contributed by atoms with Gasteiger partial charge in [0.1, 0.15) is 5.69 Å². The Hall–Kier alpha value is -3.15. The minimum absolute atomic E-state index is 0.161. The molecule has 6 nitrogen and oxygen atoms in total. The standard InChI is InChI=1S/C20H19NO5/c1-3-24-19(22)16(20(23)25-4-2)15-10-12-26-18(15)17-14-8-6-5-7-13(14)9-11-21-17/h5-12,16H,3-4H2,1-2H3. The monoisotopic (exact) mass is 353 g/mol. The summed E-state index contributed by atoms with van der Waals surface area (Å²) in [5.74, 6) is -2.21. The molecule has 0 N–H and O–H groups in total. The number of hydrogen-bond acceptors (Lipinski definition) is 6. The van der Waals surface area contributed by atoms with E-state index in [1.54, 1.807) is 26.1 Å². The molecule has 0 aliphatic carbocycles. The normalized spacial score (nSPS) is 10.9. The smallest absolute Gasteiger partial charge is 0.325 e. The van der Waals surface area contributed by atoms with Gasteiger partial charge in [0.25, 0.3) is 0 Å². The van der Waals surface area contributed by atoms with Crippen molar-refractivity contribution in [2.24, 2.45) is 0 Å². The Morgan fingerprint density at radius 3 is 2.42 bits per heavy atom. The third kappa shape index (κ3) is 3.31. The molecule has 26 heavy (non-hydrogen) atoms. The lowest BCUT2D eigenvalue weighted by atomic mass is 9.96. The second-order valence-corrected chi connectivity index (χ2v) is 5.52. The summed E-state index contributed by atoms with van der Waals surface area (Å²) in [7, 11) is 0. The Morgan fingerprint density at radius 2 is 1.73 bits per heavy atom. The lowest BCUT2D eigenvalue weighted by molar-refractivity contribution is -0.156. The van der Waals surface area contributed by atoms with Gasteiger partial charge in [-0.1, -0.05) is 24.3 Å². The maximum absolute atomic E-state index is 12.4. The molecule has 0 amide bonds. The van der Waals surface area contributed by atoms with E-state index in [1.807, 2.05) is 30.3 Å². The number of carbonyl (C=O) groups is 2. The van der Waals surface area contributed by atoms with Crippen LogP contribution in [0.15, 0.2) is 53.3 Å². The Bertz CT molecular complexity index is 907. The van der Waals surface area contributed by atoms with Crippen molar-refractivity contribution in [3.8, 4) is 11.5 Å². The summed E-state index contributed by atoms with van der Waals surface area (Å²) in [5, 5.41) is 1.83. The number of rotatable bonds is 6. The number of ether oxygens (including phenoxy) is 2. The van der Waals surface area contributed by atoms with E-state index >= 15 is 0 Å². The van der Waals surface area contributed by atoms with Crippen molar-refractivity contribution in [1.29, 1.82) is 0 Å². The van der Waals surface area contributed by atoms with Crippen molar-refractivity contribution in [3.63, 3.8) is 0 Å². The zero-order valence-corrected chi connectivity index (χ0v) is 14.6. The van der Waals surface area contributed by atoms with Crippen LogP contribution in [0.25, 0.3) is 22.2 Å². The zero-order chi connectivity index (χ0) is 18.5. The van der Waals surface area contributed by atoms with Crippen LogP contribution in [-0.2, 0) is 19.1 Å². The van der Waals surface area contributed by atoms with Crippen molar-refractivity contribution >= 4 is 22.7 Å². The second-order valence-electron chi connectivity index (χ2n) is 5.52. The highest BCUT2D eigenvalue weighted by atomic mass is 16.6. The molecule has 3 aromatic rings. The predicted molar refractivity (Wildman–Crippen MR) is 95.5 cm³/mol. The summed E-state index contributed by atoms with van der Waals surface area (Å²) < 4.78 is 15.8. The van der Waals surface area contributed by atoms with E-state index in [1.165, 1.54) is 6.26 Å². The Balaban J connectivity index is 2.13. The van der Waals surface area contributed by atoms with E-state index in [9.17, 15) is 9.59 Å². The van der Waals surface area contributed by atoms with Crippen molar-refractivity contribution in [2.45, 2.75) is 19.8 Å². The van der Waals surface area contributed by atoms with Crippen molar-refractivity contribution < 1.29 is 23.5 Å². The average Bonchev–Trinajstić information content (AvgIpc) is 3.11. The van der Waals surface area contributed by atoms with Crippen LogP contribution in [-0.4, -0.2) is 30.1 Å². The van der Waals surface area contributed by atoms with Crippen molar-refractivity contribution in [1.82, 2.24) is 4.98 Å². The molecule has 3 rings (SSSR count).